The van der Waals surface area contributed by atoms with E-state index in [4.69, 9.17) is 0 Å². The van der Waals surface area contributed by atoms with Gasteiger partial charge in [0.2, 0.25) is 0 Å². The van der Waals surface area contributed by atoms with E-state index in [9.17, 15) is 4.79 Å². The van der Waals surface area contributed by atoms with Gasteiger partial charge in [-0.2, -0.15) is 9.80 Å². The molecule has 0 radical (unpaired) electrons. The van der Waals surface area contributed by atoms with Crippen molar-refractivity contribution < 1.29 is 22.7 Å². The lowest BCUT2D eigenvalue weighted by Crippen LogP contribution is -2.62. The average Bonchev–Trinajstić information content (AvgIpc) is 2.74. The first-order chi connectivity index (χ1) is 18.0. The van der Waals surface area contributed by atoms with Crippen LogP contribution in [0.15, 0.2) is 0 Å². The predicted molar refractivity (Wildman–Crippen MR) is 170 cm³/mol. The van der Waals surface area contributed by atoms with Gasteiger partial charge in [-0.1, -0.05) is 27.7 Å². The maximum Gasteiger partial charge on any atom is 0.324 e. The molecule has 0 aromatic carbocycles. The van der Waals surface area contributed by atoms with E-state index < -0.39 is 0 Å². The highest BCUT2D eigenvalue weighted by Gasteiger charge is 2.32. The van der Waals surface area contributed by atoms with Gasteiger partial charge in [0.05, 0.1) is 111 Å². The standard InChI is InChI=1S/C29H72N10O/c1-17-30(18-2)21-34(22-31(19-3)20-4)29(40)35(23-32(25-36(5,6)7)26-37(8,9)10)24-33(27-38(11,12)13)28-39(14,15)16/h17-28H2,1-16H3/q+4. The number of rotatable bonds is 20. The molecule has 0 unspecified atom stereocenters. The van der Waals surface area contributed by atoms with Crippen molar-refractivity contribution in [1.82, 2.24) is 29.4 Å². The first-order valence-corrected chi connectivity index (χ1v) is 15.2. The number of urea groups is 1. The summed E-state index contributed by atoms with van der Waals surface area (Å²) in [5, 5.41) is 0. The van der Waals surface area contributed by atoms with E-state index in [1.165, 1.54) is 0 Å². The lowest BCUT2D eigenvalue weighted by Gasteiger charge is -2.43. The summed E-state index contributed by atoms with van der Waals surface area (Å²) in [4.78, 5) is 28.4. The molecule has 11 nitrogen and oxygen atoms in total. The molecule has 0 saturated carbocycles. The van der Waals surface area contributed by atoms with Crippen LogP contribution in [0.3, 0.4) is 0 Å². The van der Waals surface area contributed by atoms with E-state index in [1.807, 2.05) is 0 Å². The fourth-order valence-corrected chi connectivity index (χ4v) is 5.01. The van der Waals surface area contributed by atoms with Crippen molar-refractivity contribution >= 4 is 6.03 Å². The first-order valence-electron chi connectivity index (χ1n) is 15.2. The molecule has 0 rings (SSSR count). The largest absolute Gasteiger partial charge is 0.324 e. The molecule has 0 atom stereocenters. The zero-order valence-electron chi connectivity index (χ0n) is 29.9. The number of quaternary nitrogens is 4. The molecule has 0 saturated heterocycles. The van der Waals surface area contributed by atoms with Gasteiger partial charge in [-0.3, -0.25) is 19.6 Å². The maximum absolute atomic E-state index is 14.6. The van der Waals surface area contributed by atoms with Crippen LogP contribution in [0.25, 0.3) is 0 Å². The smallest absolute Gasteiger partial charge is 0.318 e. The summed E-state index contributed by atoms with van der Waals surface area (Å²) < 4.78 is 3.25. The molecule has 0 aliphatic carbocycles. The fourth-order valence-electron chi connectivity index (χ4n) is 5.01. The topological polar surface area (TPSA) is 36.5 Å². The number of hydrogen-bond donors (Lipinski definition) is 0. The summed E-state index contributed by atoms with van der Waals surface area (Å²) >= 11 is 0. The van der Waals surface area contributed by atoms with Crippen molar-refractivity contribution in [1.29, 1.82) is 0 Å². The van der Waals surface area contributed by atoms with Crippen LogP contribution >= 0.6 is 0 Å². The Kier molecular flexibility index (Phi) is 16.1. The van der Waals surface area contributed by atoms with E-state index in [2.05, 4.69) is 142 Å². The molecular formula is C29H72N10O+4. The van der Waals surface area contributed by atoms with Crippen LogP contribution in [0.1, 0.15) is 27.7 Å². The Labute approximate surface area is 250 Å². The number of carbonyl (C=O) groups excluding carboxylic acids is 1. The van der Waals surface area contributed by atoms with Gasteiger partial charge >= 0.3 is 6.03 Å². The third kappa shape index (κ3) is 18.4. The summed E-state index contributed by atoms with van der Waals surface area (Å²) in [5.41, 5.74) is 0. The Bertz CT molecular complexity index is 614. The van der Waals surface area contributed by atoms with Crippen LogP contribution in [0.4, 0.5) is 4.79 Å². The molecule has 0 N–H and O–H groups in total. The monoisotopic (exact) mass is 577 g/mol. The fraction of sp³-hybridized carbons (Fsp3) is 0.966. The summed E-state index contributed by atoms with van der Waals surface area (Å²) in [6.07, 6.45) is 0. The molecule has 240 valence electrons. The van der Waals surface area contributed by atoms with Crippen molar-refractivity contribution in [2.24, 2.45) is 0 Å². The molecule has 2 amide bonds. The average molecular weight is 577 g/mol. The number of carbonyl (C=O) groups is 1. The normalized spacial score (nSPS) is 13.7. The zero-order valence-corrected chi connectivity index (χ0v) is 29.9. The second-order valence-electron chi connectivity index (χ2n) is 15.6. The predicted octanol–water partition coefficient (Wildman–Crippen LogP) is 1.48. The summed E-state index contributed by atoms with van der Waals surface area (Å²) in [7, 11) is 26.7. The highest BCUT2D eigenvalue weighted by molar-refractivity contribution is 5.74. The minimum Gasteiger partial charge on any atom is -0.318 e. The minimum absolute atomic E-state index is 0.111. The summed E-state index contributed by atoms with van der Waals surface area (Å²) in [5.74, 6) is 0. The molecule has 11 heteroatoms. The van der Waals surface area contributed by atoms with Crippen LogP contribution in [0.2, 0.25) is 0 Å². The molecule has 0 aromatic rings. The first kappa shape index (κ1) is 39.0. The molecule has 0 fully saturated rings. The second kappa shape index (κ2) is 16.6. The van der Waals surface area contributed by atoms with Crippen LogP contribution in [0.5, 0.6) is 0 Å². The lowest BCUT2D eigenvalue weighted by atomic mass is 10.4. The van der Waals surface area contributed by atoms with E-state index in [-0.39, 0.29) is 6.03 Å². The van der Waals surface area contributed by atoms with Gasteiger partial charge in [0.25, 0.3) is 0 Å². The lowest BCUT2D eigenvalue weighted by molar-refractivity contribution is -0.911. The Hall–Kier alpha value is -1.05. The van der Waals surface area contributed by atoms with Gasteiger partial charge in [0.1, 0.15) is 26.7 Å². The molecule has 40 heavy (non-hydrogen) atoms. The minimum atomic E-state index is 0.111. The third-order valence-corrected chi connectivity index (χ3v) is 6.31. The number of amides is 2. The maximum atomic E-state index is 14.6. The second-order valence-corrected chi connectivity index (χ2v) is 15.6. The SMILES string of the molecule is CCN(CC)CN(CN(CC)CC)C(=O)N(CN(C[N+](C)(C)C)C[N+](C)(C)C)CN(C[N+](C)(C)C)C[N+](C)(C)C. The van der Waals surface area contributed by atoms with Gasteiger partial charge in [-0.25, -0.2) is 4.79 Å². The molecule has 0 aliphatic rings. The van der Waals surface area contributed by atoms with Crippen LogP contribution in [0, 0.1) is 0 Å². The molecule has 0 heterocycles. The number of nitrogens with zero attached hydrogens (tertiary/aromatic N) is 10. The van der Waals surface area contributed by atoms with Crippen molar-refractivity contribution in [2.75, 3.05) is 164 Å². The van der Waals surface area contributed by atoms with Crippen molar-refractivity contribution in [2.45, 2.75) is 27.7 Å². The van der Waals surface area contributed by atoms with Crippen molar-refractivity contribution in [3.63, 3.8) is 0 Å². The quantitative estimate of drug-likeness (QED) is 0.162. The van der Waals surface area contributed by atoms with Gasteiger partial charge in [-0.05, 0) is 26.2 Å². The van der Waals surface area contributed by atoms with Crippen LogP contribution < -0.4 is 0 Å². The molecule has 0 bridgehead atoms. The third-order valence-electron chi connectivity index (χ3n) is 6.31. The highest BCUT2D eigenvalue weighted by atomic mass is 16.2. The Morgan fingerprint density at radius 2 is 0.600 bits per heavy atom. The Morgan fingerprint density at radius 1 is 0.400 bits per heavy atom. The van der Waals surface area contributed by atoms with E-state index in [0.717, 1.165) is 70.8 Å². The molecule has 0 spiro atoms. The van der Waals surface area contributed by atoms with Crippen molar-refractivity contribution in [3.05, 3.63) is 0 Å². The van der Waals surface area contributed by atoms with E-state index in [1.54, 1.807) is 0 Å². The Morgan fingerprint density at radius 3 is 0.775 bits per heavy atom. The van der Waals surface area contributed by atoms with Gasteiger partial charge in [0.15, 0.2) is 0 Å². The molecular weight excluding hydrogens is 504 g/mol. The van der Waals surface area contributed by atoms with Gasteiger partial charge in [0, 0.05) is 0 Å². The summed E-state index contributed by atoms with van der Waals surface area (Å²) in [6.45, 7) is 18.2. The zero-order chi connectivity index (χ0) is 31.5. The number of hydrogen-bond acceptors (Lipinski definition) is 5. The van der Waals surface area contributed by atoms with Gasteiger partial charge < -0.3 is 17.9 Å². The van der Waals surface area contributed by atoms with Crippen LogP contribution in [-0.4, -0.2) is 217 Å². The van der Waals surface area contributed by atoms with Crippen molar-refractivity contribution in [3.8, 4) is 0 Å². The van der Waals surface area contributed by atoms with E-state index in [0.29, 0.717) is 26.7 Å². The molecule has 0 aromatic heterocycles. The van der Waals surface area contributed by atoms with Crippen LogP contribution in [-0.2, 0) is 0 Å². The summed E-state index contributed by atoms with van der Waals surface area (Å²) in [6, 6.07) is 0.111. The molecule has 0 aliphatic heterocycles. The highest BCUT2D eigenvalue weighted by Crippen LogP contribution is 2.12. The van der Waals surface area contributed by atoms with E-state index >= 15 is 0 Å². The Balaban J connectivity index is 6.64. The van der Waals surface area contributed by atoms with Gasteiger partial charge in [-0.15, -0.1) is 0 Å².